The molecule has 0 aliphatic heterocycles. The van der Waals surface area contributed by atoms with Gasteiger partial charge in [-0.05, 0) is 0 Å². The summed E-state index contributed by atoms with van der Waals surface area (Å²) in [4.78, 5) is 14.4. The number of benzene rings is 5. The van der Waals surface area contributed by atoms with Gasteiger partial charge < -0.3 is 0 Å². The molecule has 0 N–H and O–H groups in total. The van der Waals surface area contributed by atoms with Crippen molar-refractivity contribution >= 4 is 41.1 Å². The zero-order valence-corrected chi connectivity index (χ0v) is 21.6. The van der Waals surface area contributed by atoms with E-state index in [2.05, 4.69) is 91.0 Å². The summed E-state index contributed by atoms with van der Waals surface area (Å²) in [6, 6.07) is 51.8. The molecule has 0 bridgehead atoms. The number of hydrogen-bond acceptors (Lipinski definition) is 1. The number of carbonyl (C=O) groups is 1. The van der Waals surface area contributed by atoms with Crippen LogP contribution in [-0.4, -0.2) is 5.78 Å². The van der Waals surface area contributed by atoms with E-state index >= 15 is 0 Å². The molecule has 0 unspecified atom stereocenters. The average Bonchev–Trinajstić information content (AvgIpc) is 2.98. The van der Waals surface area contributed by atoms with Crippen molar-refractivity contribution in [3.63, 3.8) is 0 Å². The molecule has 0 radical (unpaired) electrons. The van der Waals surface area contributed by atoms with Gasteiger partial charge in [0.2, 0.25) is 0 Å². The monoisotopic (exact) mass is 496 g/mol. The molecule has 1 nitrogen and oxygen atoms in total. The Morgan fingerprint density at radius 1 is 0.459 bits per heavy atom. The van der Waals surface area contributed by atoms with Crippen molar-refractivity contribution < 1.29 is 4.79 Å². The van der Waals surface area contributed by atoms with E-state index < -0.39 is 7.26 Å². The Morgan fingerprint density at radius 2 is 0.811 bits per heavy atom. The van der Waals surface area contributed by atoms with Gasteiger partial charge in [0.05, 0.1) is 0 Å². The van der Waals surface area contributed by atoms with Gasteiger partial charge in [0, 0.05) is 0 Å². The molecule has 5 aromatic rings. The van der Waals surface area contributed by atoms with Gasteiger partial charge in [0.1, 0.15) is 0 Å². The van der Waals surface area contributed by atoms with Gasteiger partial charge in [0.15, 0.2) is 0 Å². The van der Waals surface area contributed by atoms with E-state index in [0.29, 0.717) is 0 Å². The minimum absolute atomic E-state index is 0.0240. The second-order valence-corrected chi connectivity index (χ2v) is 12.7. The minimum atomic E-state index is -2.98. The van der Waals surface area contributed by atoms with E-state index in [1.165, 1.54) is 15.9 Å². The number of rotatable bonds is 8. The fourth-order valence-electron chi connectivity index (χ4n) is 4.94. The van der Waals surface area contributed by atoms with Crippen molar-refractivity contribution in [1.82, 2.24) is 0 Å². The third-order valence-electron chi connectivity index (χ3n) is 6.63. The normalized spacial score (nSPS) is 12.4. The Hall–Kier alpha value is -4.32. The Kier molecular flexibility index (Phi) is 7.65. The topological polar surface area (TPSA) is 17.1 Å². The zero-order valence-electron chi connectivity index (χ0n) is 20.6. The van der Waals surface area contributed by atoms with Gasteiger partial charge in [-0.25, -0.2) is 0 Å². The van der Waals surface area contributed by atoms with Crippen LogP contribution in [0.4, 0.5) is 0 Å². The molecule has 0 aliphatic carbocycles. The first kappa shape index (κ1) is 24.4. The third kappa shape index (κ3) is 5.28. The molecule has 5 aromatic carbocycles. The van der Waals surface area contributed by atoms with E-state index in [4.69, 9.17) is 0 Å². The van der Waals surface area contributed by atoms with E-state index in [-0.39, 0.29) is 5.78 Å². The Labute approximate surface area is 219 Å². The van der Waals surface area contributed by atoms with Crippen LogP contribution in [0.25, 0.3) is 12.2 Å². The molecule has 37 heavy (non-hydrogen) atoms. The van der Waals surface area contributed by atoms with Gasteiger partial charge in [-0.3, -0.25) is 0 Å². The summed E-state index contributed by atoms with van der Waals surface area (Å²) in [5.74, 6) is 0.0240. The first-order valence-electron chi connectivity index (χ1n) is 12.5. The van der Waals surface area contributed by atoms with Gasteiger partial charge in [0.25, 0.3) is 0 Å². The number of hydrogen-bond donors (Lipinski definition) is 0. The van der Waals surface area contributed by atoms with E-state index in [1.54, 1.807) is 6.08 Å². The van der Waals surface area contributed by atoms with E-state index in [9.17, 15) is 4.79 Å². The number of carbonyl (C=O) groups excluding carboxylic acids is 1. The van der Waals surface area contributed by atoms with E-state index in [1.807, 2.05) is 72.8 Å². The summed E-state index contributed by atoms with van der Waals surface area (Å²) in [5, 5.41) is 4.36. The fraction of sp³-hybridized carbons (Fsp3) is 0. The predicted molar refractivity (Wildman–Crippen MR) is 161 cm³/mol. The van der Waals surface area contributed by atoms with Crippen LogP contribution in [0, 0.1) is 0 Å². The summed E-state index contributed by atoms with van der Waals surface area (Å²) in [6.07, 6.45) is 5.76. The standard InChI is InChI=1S/C35H29OP/c36-34(27-26-29-16-6-1-7-17-29)35(28-30-18-8-2-9-19-30)37(31-20-10-3-11-21-31,32-22-12-4-13-23-32)33-24-14-5-15-25-33/h1-28,37H. The molecule has 0 aromatic heterocycles. The summed E-state index contributed by atoms with van der Waals surface area (Å²) in [7, 11) is -2.98. The Morgan fingerprint density at radius 3 is 1.22 bits per heavy atom. The summed E-state index contributed by atoms with van der Waals surface area (Å²) < 4.78 is 0. The molecule has 0 aliphatic rings. The average molecular weight is 497 g/mol. The number of ketones is 1. The Balaban J connectivity index is 1.83. The van der Waals surface area contributed by atoms with E-state index in [0.717, 1.165) is 16.4 Å². The molecule has 0 heterocycles. The molecule has 5 rings (SSSR count). The van der Waals surface area contributed by atoms with Crippen molar-refractivity contribution in [2.24, 2.45) is 0 Å². The molecule has 180 valence electrons. The quantitative estimate of drug-likeness (QED) is 0.166. The molecule has 0 spiro atoms. The third-order valence-corrected chi connectivity index (χ3v) is 11.4. The fourth-order valence-corrected chi connectivity index (χ4v) is 9.78. The van der Waals surface area contributed by atoms with Crippen LogP contribution in [0.1, 0.15) is 11.1 Å². The van der Waals surface area contributed by atoms with Crippen molar-refractivity contribution in [2.75, 3.05) is 0 Å². The molecule has 0 fully saturated rings. The van der Waals surface area contributed by atoms with Crippen molar-refractivity contribution in [1.29, 1.82) is 0 Å². The maximum atomic E-state index is 14.4. The summed E-state index contributed by atoms with van der Waals surface area (Å²) in [5.41, 5.74) is 2.01. The molecule has 0 amide bonds. The molecule has 0 atom stereocenters. The van der Waals surface area contributed by atoms with Crippen LogP contribution in [0.5, 0.6) is 0 Å². The van der Waals surface area contributed by atoms with Crippen LogP contribution >= 0.6 is 7.26 Å². The first-order chi connectivity index (χ1) is 18.3. The molecular formula is C35H29OP. The van der Waals surface area contributed by atoms with Crippen LogP contribution in [0.3, 0.4) is 0 Å². The Bertz CT molecular complexity index is 1390. The SMILES string of the molecule is O=C(C=Cc1ccccc1)C(=Cc1ccccc1)[PH](c1ccccc1)(c1ccccc1)c1ccccc1. The zero-order chi connectivity index (χ0) is 25.3. The van der Waals surface area contributed by atoms with Crippen LogP contribution in [0.2, 0.25) is 0 Å². The second-order valence-electron chi connectivity index (χ2n) is 8.93. The van der Waals surface area contributed by atoms with Crippen molar-refractivity contribution in [3.05, 3.63) is 174 Å². The molecule has 2 heteroatoms. The molecule has 0 saturated heterocycles. The summed E-state index contributed by atoms with van der Waals surface area (Å²) >= 11 is 0. The van der Waals surface area contributed by atoms with Gasteiger partial charge in [-0.2, -0.15) is 0 Å². The van der Waals surface area contributed by atoms with Crippen molar-refractivity contribution in [3.8, 4) is 0 Å². The molecule has 0 saturated carbocycles. The van der Waals surface area contributed by atoms with Crippen LogP contribution in [-0.2, 0) is 4.79 Å². The second kappa shape index (κ2) is 11.6. The van der Waals surface area contributed by atoms with Crippen LogP contribution < -0.4 is 15.9 Å². The first-order valence-corrected chi connectivity index (χ1v) is 14.5. The van der Waals surface area contributed by atoms with Gasteiger partial charge in [-0.15, -0.1) is 0 Å². The maximum absolute atomic E-state index is 14.4. The van der Waals surface area contributed by atoms with Gasteiger partial charge >= 0.3 is 220 Å². The van der Waals surface area contributed by atoms with Crippen molar-refractivity contribution in [2.45, 2.75) is 0 Å². The molecular weight excluding hydrogens is 467 g/mol. The van der Waals surface area contributed by atoms with Gasteiger partial charge in [-0.1, -0.05) is 0 Å². The summed E-state index contributed by atoms with van der Waals surface area (Å²) in [6.45, 7) is 0. The number of allylic oxidation sites excluding steroid dienone is 2. The predicted octanol–water partition coefficient (Wildman–Crippen LogP) is 7.04. The van der Waals surface area contributed by atoms with Crippen LogP contribution in [0.15, 0.2) is 163 Å².